The Morgan fingerprint density at radius 2 is 1.87 bits per heavy atom. The molecular weight excluding hydrogens is 352 g/mol. The average molecular weight is 379 g/mol. The molecule has 0 saturated heterocycles. The first-order valence-electron chi connectivity index (χ1n) is 8.65. The van der Waals surface area contributed by atoms with Gasteiger partial charge in [-0.2, -0.15) is 0 Å². The normalized spacial score (nSPS) is 19.7. The number of rotatable bonds is 8. The number of hydrogen-bond acceptors (Lipinski definition) is 3. The Hall–Kier alpha value is -1.16. The van der Waals surface area contributed by atoms with Crippen LogP contribution >= 0.6 is 15.9 Å². The number of aldehydes is 1. The quantitative estimate of drug-likeness (QED) is 0.597. The van der Waals surface area contributed by atoms with E-state index >= 15 is 0 Å². The summed E-state index contributed by atoms with van der Waals surface area (Å²) in [6, 6.07) is 8.18. The van der Waals surface area contributed by atoms with Crippen LogP contribution in [0.15, 0.2) is 33.7 Å². The highest BCUT2D eigenvalue weighted by molar-refractivity contribution is 9.10. The summed E-state index contributed by atoms with van der Waals surface area (Å²) < 4.78 is 1.07. The van der Waals surface area contributed by atoms with Crippen molar-refractivity contribution in [3.8, 4) is 0 Å². The van der Waals surface area contributed by atoms with Crippen molar-refractivity contribution in [2.45, 2.75) is 71.0 Å². The molecule has 3 nitrogen and oxygen atoms in total. The van der Waals surface area contributed by atoms with Crippen LogP contribution in [0.5, 0.6) is 0 Å². The highest BCUT2D eigenvalue weighted by Crippen LogP contribution is 2.36. The van der Waals surface area contributed by atoms with Gasteiger partial charge in [-0.05, 0) is 37.0 Å². The van der Waals surface area contributed by atoms with E-state index in [1.165, 1.54) is 5.56 Å². The zero-order chi connectivity index (χ0) is 16.9. The van der Waals surface area contributed by atoms with Gasteiger partial charge in [0.05, 0.1) is 5.54 Å². The van der Waals surface area contributed by atoms with Crippen molar-refractivity contribution in [3.63, 3.8) is 0 Å². The molecule has 0 aromatic heterocycles. The van der Waals surface area contributed by atoms with Gasteiger partial charge in [0.25, 0.3) is 0 Å². The summed E-state index contributed by atoms with van der Waals surface area (Å²) in [4.78, 5) is 19.2. The number of halogens is 1. The molecule has 1 aromatic rings. The van der Waals surface area contributed by atoms with Crippen LogP contribution in [0.25, 0.3) is 0 Å². The minimum Gasteiger partial charge on any atom is -0.344 e. The molecule has 0 amide bonds. The van der Waals surface area contributed by atoms with Crippen LogP contribution in [-0.2, 0) is 11.3 Å². The summed E-state index contributed by atoms with van der Waals surface area (Å²) in [6.07, 6.45) is 6.12. The molecule has 2 rings (SSSR count). The third kappa shape index (κ3) is 3.85. The number of nitrogens with zero attached hydrogens (tertiary/aromatic N) is 2. The third-order valence-electron chi connectivity index (χ3n) is 4.94. The highest BCUT2D eigenvalue weighted by atomic mass is 79.9. The summed E-state index contributed by atoms with van der Waals surface area (Å²) in [7, 11) is 0. The Balaban J connectivity index is 2.30. The minimum atomic E-state index is -0.250. The molecule has 1 aromatic carbocycles. The van der Waals surface area contributed by atoms with Crippen LogP contribution in [0.4, 0.5) is 0 Å². The van der Waals surface area contributed by atoms with Crippen molar-refractivity contribution in [1.29, 1.82) is 0 Å². The molecular formula is C19H27BrN2O. The first kappa shape index (κ1) is 18.2. The maximum Gasteiger partial charge on any atom is 0.144 e. The molecule has 0 bridgehead atoms. The molecule has 0 radical (unpaired) electrons. The average Bonchev–Trinajstić information content (AvgIpc) is 2.88. The molecule has 1 unspecified atom stereocenters. The van der Waals surface area contributed by atoms with Crippen LogP contribution in [0.2, 0.25) is 0 Å². The largest absolute Gasteiger partial charge is 0.344 e. The summed E-state index contributed by atoms with van der Waals surface area (Å²) in [6.45, 7) is 7.23. The van der Waals surface area contributed by atoms with Gasteiger partial charge in [0.15, 0.2) is 0 Å². The lowest BCUT2D eigenvalue weighted by molar-refractivity contribution is -0.112. The molecule has 1 atom stereocenters. The Kier molecular flexibility index (Phi) is 6.40. The second-order valence-corrected chi connectivity index (χ2v) is 7.19. The molecule has 0 aliphatic carbocycles. The standard InChI is InChI=1S/C19H27BrN2O/c1-4-7-8-18-21-19(5-2,6-3)17(14-23)22(18)13-15-9-11-16(20)12-10-15/h9-12,14,17H,4-8,13H2,1-3H3. The van der Waals surface area contributed by atoms with E-state index in [2.05, 4.69) is 65.9 Å². The van der Waals surface area contributed by atoms with Crippen LogP contribution in [-0.4, -0.2) is 28.6 Å². The Morgan fingerprint density at radius 1 is 1.22 bits per heavy atom. The summed E-state index contributed by atoms with van der Waals surface area (Å²) >= 11 is 3.48. The van der Waals surface area contributed by atoms with E-state index in [0.29, 0.717) is 0 Å². The van der Waals surface area contributed by atoms with Gasteiger partial charge in [0.2, 0.25) is 0 Å². The Bertz CT molecular complexity index is 549. The molecule has 1 aliphatic heterocycles. The van der Waals surface area contributed by atoms with Gasteiger partial charge in [-0.15, -0.1) is 0 Å². The molecule has 1 heterocycles. The molecule has 1 aliphatic rings. The van der Waals surface area contributed by atoms with Gasteiger partial charge in [-0.25, -0.2) is 0 Å². The second kappa shape index (κ2) is 8.09. The van der Waals surface area contributed by atoms with Crippen molar-refractivity contribution in [2.24, 2.45) is 4.99 Å². The number of benzene rings is 1. The van der Waals surface area contributed by atoms with E-state index in [1.54, 1.807) is 0 Å². The number of amidine groups is 1. The number of unbranched alkanes of at least 4 members (excludes halogenated alkanes) is 1. The maximum absolute atomic E-state index is 11.9. The van der Waals surface area contributed by atoms with Crippen LogP contribution in [0.1, 0.15) is 58.4 Å². The molecule has 4 heteroatoms. The van der Waals surface area contributed by atoms with E-state index < -0.39 is 0 Å². The van der Waals surface area contributed by atoms with Crippen LogP contribution < -0.4 is 0 Å². The van der Waals surface area contributed by atoms with E-state index in [1.807, 2.05) is 0 Å². The van der Waals surface area contributed by atoms with Crippen molar-refractivity contribution in [2.75, 3.05) is 0 Å². The number of hydrogen-bond donors (Lipinski definition) is 0. The molecule has 0 fully saturated rings. The van der Waals surface area contributed by atoms with Crippen molar-refractivity contribution in [3.05, 3.63) is 34.3 Å². The van der Waals surface area contributed by atoms with Crippen molar-refractivity contribution in [1.82, 2.24) is 4.90 Å². The molecule has 0 N–H and O–H groups in total. The monoisotopic (exact) mass is 378 g/mol. The Morgan fingerprint density at radius 3 is 2.39 bits per heavy atom. The fourth-order valence-electron chi connectivity index (χ4n) is 3.38. The number of carbonyl (C=O) groups excluding carboxylic acids is 1. The molecule has 23 heavy (non-hydrogen) atoms. The maximum atomic E-state index is 11.9. The van der Waals surface area contributed by atoms with Gasteiger partial charge in [-0.1, -0.05) is 55.3 Å². The fraction of sp³-hybridized carbons (Fsp3) is 0.579. The molecule has 0 spiro atoms. The smallest absolute Gasteiger partial charge is 0.144 e. The zero-order valence-electron chi connectivity index (χ0n) is 14.4. The van der Waals surface area contributed by atoms with E-state index in [0.717, 1.165) is 55.2 Å². The number of aliphatic imine (C=N–C) groups is 1. The first-order chi connectivity index (χ1) is 11.1. The summed E-state index contributed by atoms with van der Waals surface area (Å²) in [5.74, 6) is 1.11. The van der Waals surface area contributed by atoms with Gasteiger partial charge in [-0.3, -0.25) is 4.99 Å². The lowest BCUT2D eigenvalue weighted by atomic mass is 9.86. The highest BCUT2D eigenvalue weighted by Gasteiger charge is 2.45. The van der Waals surface area contributed by atoms with Gasteiger partial charge in [0, 0.05) is 17.4 Å². The van der Waals surface area contributed by atoms with Crippen LogP contribution in [0.3, 0.4) is 0 Å². The SMILES string of the molecule is CCCCC1=NC(CC)(CC)C(C=O)N1Cc1ccc(Br)cc1. The van der Waals surface area contributed by atoms with E-state index in [-0.39, 0.29) is 11.6 Å². The Labute approximate surface area is 148 Å². The lowest BCUT2D eigenvalue weighted by Crippen LogP contribution is -2.47. The van der Waals surface area contributed by atoms with E-state index in [4.69, 9.17) is 4.99 Å². The lowest BCUT2D eigenvalue weighted by Gasteiger charge is -2.33. The van der Waals surface area contributed by atoms with Gasteiger partial charge < -0.3 is 9.69 Å². The molecule has 0 saturated carbocycles. The molecule has 126 valence electrons. The van der Waals surface area contributed by atoms with Gasteiger partial charge in [0.1, 0.15) is 18.2 Å². The van der Waals surface area contributed by atoms with Crippen molar-refractivity contribution >= 4 is 28.1 Å². The minimum absolute atomic E-state index is 0.145. The number of carbonyl (C=O) groups is 1. The van der Waals surface area contributed by atoms with E-state index in [9.17, 15) is 4.79 Å². The predicted molar refractivity (Wildman–Crippen MR) is 99.8 cm³/mol. The topological polar surface area (TPSA) is 32.7 Å². The second-order valence-electron chi connectivity index (χ2n) is 6.28. The third-order valence-corrected chi connectivity index (χ3v) is 5.47. The fourth-order valence-corrected chi connectivity index (χ4v) is 3.64. The zero-order valence-corrected chi connectivity index (χ0v) is 16.0. The summed E-state index contributed by atoms with van der Waals surface area (Å²) in [5.41, 5.74) is 0.965. The van der Waals surface area contributed by atoms with Crippen molar-refractivity contribution < 1.29 is 4.79 Å². The van der Waals surface area contributed by atoms with Gasteiger partial charge >= 0.3 is 0 Å². The predicted octanol–water partition coefficient (Wildman–Crippen LogP) is 4.98. The first-order valence-corrected chi connectivity index (χ1v) is 9.44. The van der Waals surface area contributed by atoms with Crippen LogP contribution in [0, 0.1) is 0 Å². The summed E-state index contributed by atoms with van der Waals surface area (Å²) in [5, 5.41) is 0.